The quantitative estimate of drug-likeness (QED) is 0.762. The second-order valence-electron chi connectivity index (χ2n) is 7.44. The van der Waals surface area contributed by atoms with E-state index in [1.54, 1.807) is 32.9 Å². The SMILES string of the molecule is CC(C)(C)OC(=O)Nc1ccc(C(=O)OCc2cc(F)cc3c2OCOC3)cc1. The van der Waals surface area contributed by atoms with Crippen molar-refractivity contribution in [2.45, 2.75) is 39.6 Å². The summed E-state index contributed by atoms with van der Waals surface area (Å²) in [6.45, 7) is 5.45. The van der Waals surface area contributed by atoms with E-state index in [-0.39, 0.29) is 25.6 Å². The molecule has 1 N–H and O–H groups in total. The van der Waals surface area contributed by atoms with Gasteiger partial charge in [0.05, 0.1) is 12.2 Å². The first-order valence-corrected chi connectivity index (χ1v) is 9.00. The monoisotopic (exact) mass is 403 g/mol. The molecule has 0 aromatic heterocycles. The second kappa shape index (κ2) is 8.48. The molecule has 1 aliphatic rings. The molecule has 0 radical (unpaired) electrons. The van der Waals surface area contributed by atoms with E-state index in [4.69, 9.17) is 18.9 Å². The van der Waals surface area contributed by atoms with Crippen molar-refractivity contribution >= 4 is 17.7 Å². The Morgan fingerprint density at radius 2 is 1.90 bits per heavy atom. The number of hydrogen-bond acceptors (Lipinski definition) is 6. The zero-order valence-corrected chi connectivity index (χ0v) is 16.4. The number of hydrogen-bond donors (Lipinski definition) is 1. The van der Waals surface area contributed by atoms with Crippen molar-refractivity contribution in [1.29, 1.82) is 0 Å². The molecule has 8 heteroatoms. The van der Waals surface area contributed by atoms with Crippen LogP contribution < -0.4 is 10.1 Å². The number of benzene rings is 2. The third kappa shape index (κ3) is 5.68. The van der Waals surface area contributed by atoms with Crippen molar-refractivity contribution in [3.8, 4) is 5.75 Å². The summed E-state index contributed by atoms with van der Waals surface area (Å²) in [6, 6.07) is 8.75. The van der Waals surface area contributed by atoms with E-state index in [1.807, 2.05) is 0 Å². The van der Waals surface area contributed by atoms with E-state index in [0.29, 0.717) is 22.6 Å². The van der Waals surface area contributed by atoms with Crippen LogP contribution in [-0.2, 0) is 27.4 Å². The van der Waals surface area contributed by atoms with Crippen molar-refractivity contribution in [3.63, 3.8) is 0 Å². The van der Waals surface area contributed by atoms with E-state index in [9.17, 15) is 14.0 Å². The summed E-state index contributed by atoms with van der Waals surface area (Å²) in [5.41, 5.74) is 1.15. The first-order valence-electron chi connectivity index (χ1n) is 9.00. The Hall–Kier alpha value is -3.13. The smallest absolute Gasteiger partial charge is 0.412 e. The Balaban J connectivity index is 1.60. The van der Waals surface area contributed by atoms with Gasteiger partial charge < -0.3 is 18.9 Å². The molecule has 3 rings (SSSR count). The lowest BCUT2D eigenvalue weighted by molar-refractivity contribution is -0.0183. The van der Waals surface area contributed by atoms with E-state index in [2.05, 4.69) is 5.32 Å². The Morgan fingerprint density at radius 3 is 2.59 bits per heavy atom. The molecule has 7 nitrogen and oxygen atoms in total. The predicted molar refractivity (Wildman–Crippen MR) is 102 cm³/mol. The third-order valence-corrected chi connectivity index (χ3v) is 3.88. The Kier molecular flexibility index (Phi) is 6.03. The molecule has 154 valence electrons. The molecule has 0 bridgehead atoms. The van der Waals surface area contributed by atoms with Gasteiger partial charge in [-0.25, -0.2) is 14.0 Å². The number of rotatable bonds is 4. The largest absolute Gasteiger partial charge is 0.467 e. The van der Waals surface area contributed by atoms with Crippen LogP contribution in [0.2, 0.25) is 0 Å². The predicted octanol–water partition coefficient (Wildman–Crippen LogP) is 4.40. The molecular weight excluding hydrogens is 381 g/mol. The molecule has 0 saturated heterocycles. The van der Waals surface area contributed by atoms with Crippen LogP contribution in [0.25, 0.3) is 0 Å². The second-order valence-corrected chi connectivity index (χ2v) is 7.44. The molecule has 2 aromatic rings. The van der Waals surface area contributed by atoms with Gasteiger partial charge in [-0.05, 0) is 57.2 Å². The average molecular weight is 403 g/mol. The number of amides is 1. The zero-order chi connectivity index (χ0) is 21.0. The van der Waals surface area contributed by atoms with Gasteiger partial charge in [-0.2, -0.15) is 0 Å². The van der Waals surface area contributed by atoms with Crippen molar-refractivity contribution in [2.24, 2.45) is 0 Å². The Bertz CT molecular complexity index is 905. The van der Waals surface area contributed by atoms with Gasteiger partial charge in [-0.3, -0.25) is 5.32 Å². The fourth-order valence-electron chi connectivity index (χ4n) is 2.70. The third-order valence-electron chi connectivity index (χ3n) is 3.88. The van der Waals surface area contributed by atoms with Gasteiger partial charge in [-0.1, -0.05) is 0 Å². The molecule has 1 aliphatic heterocycles. The zero-order valence-electron chi connectivity index (χ0n) is 16.4. The van der Waals surface area contributed by atoms with Gasteiger partial charge in [0.1, 0.15) is 23.8 Å². The fourth-order valence-corrected chi connectivity index (χ4v) is 2.70. The number of anilines is 1. The van der Waals surface area contributed by atoms with Gasteiger partial charge in [0.15, 0.2) is 6.79 Å². The van der Waals surface area contributed by atoms with Crippen LogP contribution in [0.4, 0.5) is 14.9 Å². The van der Waals surface area contributed by atoms with Gasteiger partial charge in [0.25, 0.3) is 0 Å². The maximum Gasteiger partial charge on any atom is 0.412 e. The number of fused-ring (bicyclic) bond motifs is 1. The minimum Gasteiger partial charge on any atom is -0.467 e. The number of carbonyl (C=O) groups excluding carboxylic acids is 2. The summed E-state index contributed by atoms with van der Waals surface area (Å²) < 4.78 is 34.7. The molecule has 0 spiro atoms. The van der Waals surface area contributed by atoms with Crippen LogP contribution in [0.15, 0.2) is 36.4 Å². The van der Waals surface area contributed by atoms with Gasteiger partial charge >= 0.3 is 12.1 Å². The lowest BCUT2D eigenvalue weighted by Gasteiger charge is -2.20. The molecule has 0 aliphatic carbocycles. The van der Waals surface area contributed by atoms with Crippen molar-refractivity contribution in [2.75, 3.05) is 12.1 Å². The van der Waals surface area contributed by atoms with Crippen LogP contribution in [0.1, 0.15) is 42.3 Å². The highest BCUT2D eigenvalue weighted by Gasteiger charge is 2.19. The lowest BCUT2D eigenvalue weighted by atomic mass is 10.1. The topological polar surface area (TPSA) is 83.1 Å². The number of nitrogens with one attached hydrogen (secondary N) is 1. The average Bonchev–Trinajstić information content (AvgIpc) is 2.64. The normalized spacial score (nSPS) is 13.1. The molecule has 29 heavy (non-hydrogen) atoms. The summed E-state index contributed by atoms with van der Waals surface area (Å²) in [5.74, 6) is -0.567. The fraction of sp³-hybridized carbons (Fsp3) is 0.333. The van der Waals surface area contributed by atoms with Crippen molar-refractivity contribution in [1.82, 2.24) is 0 Å². The number of carbonyl (C=O) groups is 2. The summed E-state index contributed by atoms with van der Waals surface area (Å²) in [5, 5.41) is 2.58. The van der Waals surface area contributed by atoms with Crippen LogP contribution >= 0.6 is 0 Å². The first-order chi connectivity index (χ1) is 13.7. The lowest BCUT2D eigenvalue weighted by Crippen LogP contribution is -2.27. The van der Waals surface area contributed by atoms with Gasteiger partial charge in [0.2, 0.25) is 0 Å². The molecule has 1 amide bonds. The highest BCUT2D eigenvalue weighted by Crippen LogP contribution is 2.30. The van der Waals surface area contributed by atoms with E-state index in [1.165, 1.54) is 24.3 Å². The van der Waals surface area contributed by atoms with E-state index >= 15 is 0 Å². The van der Waals surface area contributed by atoms with Crippen LogP contribution in [0.5, 0.6) is 5.75 Å². The standard InChI is InChI=1S/C21H22FNO6/c1-21(2,3)29-20(25)23-17-6-4-13(5-7-17)19(24)27-11-15-9-16(22)8-14-10-26-12-28-18(14)15/h4-9H,10-12H2,1-3H3,(H,23,25). The molecule has 0 saturated carbocycles. The van der Waals surface area contributed by atoms with Crippen LogP contribution in [0.3, 0.4) is 0 Å². The maximum absolute atomic E-state index is 13.8. The van der Waals surface area contributed by atoms with Gasteiger partial charge in [0, 0.05) is 16.8 Å². The number of ether oxygens (including phenoxy) is 4. The number of esters is 1. The van der Waals surface area contributed by atoms with E-state index < -0.39 is 23.5 Å². The van der Waals surface area contributed by atoms with Crippen molar-refractivity contribution in [3.05, 3.63) is 58.9 Å². The molecule has 0 fully saturated rings. The molecule has 0 unspecified atom stereocenters. The van der Waals surface area contributed by atoms with E-state index in [0.717, 1.165) is 0 Å². The van der Waals surface area contributed by atoms with Crippen LogP contribution in [0, 0.1) is 5.82 Å². The molecular formula is C21H22FNO6. The summed E-state index contributed by atoms with van der Waals surface area (Å²) in [7, 11) is 0. The highest BCUT2D eigenvalue weighted by atomic mass is 19.1. The summed E-state index contributed by atoms with van der Waals surface area (Å²) in [4.78, 5) is 24.1. The molecule has 0 atom stereocenters. The number of halogens is 1. The van der Waals surface area contributed by atoms with Gasteiger partial charge in [-0.15, -0.1) is 0 Å². The summed E-state index contributed by atoms with van der Waals surface area (Å²) >= 11 is 0. The minimum absolute atomic E-state index is 0.0612. The van der Waals surface area contributed by atoms with Crippen LogP contribution in [-0.4, -0.2) is 24.5 Å². The Labute approximate surface area is 167 Å². The Morgan fingerprint density at radius 1 is 1.17 bits per heavy atom. The maximum atomic E-state index is 13.8. The highest BCUT2D eigenvalue weighted by molar-refractivity contribution is 5.91. The van der Waals surface area contributed by atoms with Crippen molar-refractivity contribution < 1.29 is 32.9 Å². The molecule has 2 aromatic carbocycles. The molecule has 1 heterocycles. The first kappa shape index (κ1) is 20.6. The summed E-state index contributed by atoms with van der Waals surface area (Å²) in [6.07, 6.45) is -0.590. The minimum atomic E-state index is -0.611.